The monoisotopic (exact) mass is 775 g/mol. The predicted octanol–water partition coefficient (Wildman–Crippen LogP) is 3.09. The molecule has 2 aromatic carbocycles. The molecule has 0 aliphatic carbocycles. The van der Waals surface area contributed by atoms with E-state index >= 15 is 0 Å². The van der Waals surface area contributed by atoms with Crippen molar-refractivity contribution in [3.05, 3.63) is 71.8 Å². The number of piperidine rings is 1. The number of likely N-dealkylation sites (N-methyl/N-ethyl adjacent to an activating group) is 4. The van der Waals surface area contributed by atoms with E-state index in [1.54, 1.807) is 11.8 Å². The highest BCUT2D eigenvalue weighted by Crippen LogP contribution is 2.19. The third-order valence-corrected chi connectivity index (χ3v) is 10.4. The summed E-state index contributed by atoms with van der Waals surface area (Å²) in [6, 6.07) is 14.0. The molecule has 306 valence electrons. The number of carbonyl (C=O) groups excluding carboxylic acids is 7. The van der Waals surface area contributed by atoms with Gasteiger partial charge in [-0.15, -0.1) is 0 Å². The smallest absolute Gasteiger partial charge is 0.326 e. The molecule has 4 atom stereocenters. The molecule has 1 heterocycles. The first kappa shape index (κ1) is 45.1. The standard InChI is InChI=1S/C42H61N7O7/c1-29(2)26-33(38(52)43-4)46(6)41(55)35(28-32-20-14-10-15-21-32)47(7)42(56)48(8)37(51)23-22-36(50)45(5)34(27-31-18-12-9-13-19-31)39(53)44-30(3)40(54)49-24-16-11-17-25-49/h9-10,12-15,18-21,29-30,33-35H,11,16-17,22-28H2,1-8H3,(H,43,52)(H,44,53). The Balaban J connectivity index is 1.74. The second kappa shape index (κ2) is 21.7. The lowest BCUT2D eigenvalue weighted by Gasteiger charge is -2.36. The van der Waals surface area contributed by atoms with Crippen LogP contribution in [0.25, 0.3) is 0 Å². The number of nitrogens with zero attached hydrogens (tertiary/aromatic N) is 5. The number of urea groups is 1. The predicted molar refractivity (Wildman–Crippen MR) is 214 cm³/mol. The minimum Gasteiger partial charge on any atom is -0.357 e. The lowest BCUT2D eigenvalue weighted by atomic mass is 9.99. The van der Waals surface area contributed by atoms with Crippen LogP contribution in [0.1, 0.15) is 70.4 Å². The van der Waals surface area contributed by atoms with Crippen molar-refractivity contribution >= 4 is 41.5 Å². The number of hydrogen-bond donors (Lipinski definition) is 2. The fourth-order valence-electron chi connectivity index (χ4n) is 6.88. The fourth-order valence-corrected chi connectivity index (χ4v) is 6.88. The van der Waals surface area contributed by atoms with E-state index in [4.69, 9.17) is 0 Å². The van der Waals surface area contributed by atoms with Crippen LogP contribution >= 0.6 is 0 Å². The van der Waals surface area contributed by atoms with Gasteiger partial charge in [0.2, 0.25) is 35.4 Å². The minimum absolute atomic E-state index is 0.102. The maximum atomic E-state index is 14.1. The Morgan fingerprint density at radius 3 is 1.68 bits per heavy atom. The van der Waals surface area contributed by atoms with Crippen molar-refractivity contribution in [2.75, 3.05) is 48.3 Å². The first-order valence-electron chi connectivity index (χ1n) is 19.5. The van der Waals surface area contributed by atoms with Gasteiger partial charge in [-0.1, -0.05) is 74.5 Å². The van der Waals surface area contributed by atoms with Gasteiger partial charge in [0, 0.05) is 74.0 Å². The molecule has 0 saturated carbocycles. The van der Waals surface area contributed by atoms with Crippen LogP contribution in [-0.4, -0.2) is 138 Å². The highest BCUT2D eigenvalue weighted by Gasteiger charge is 2.37. The summed E-state index contributed by atoms with van der Waals surface area (Å²) in [6.07, 6.45) is 2.97. The molecular weight excluding hydrogens is 715 g/mol. The highest BCUT2D eigenvalue weighted by molar-refractivity contribution is 5.98. The van der Waals surface area contributed by atoms with E-state index in [9.17, 15) is 33.6 Å². The van der Waals surface area contributed by atoms with Gasteiger partial charge in [-0.25, -0.2) is 4.79 Å². The fraction of sp³-hybridized carbons (Fsp3) is 0.548. The molecule has 56 heavy (non-hydrogen) atoms. The van der Waals surface area contributed by atoms with Crippen molar-refractivity contribution in [2.45, 2.75) is 96.3 Å². The molecule has 2 aromatic rings. The summed E-state index contributed by atoms with van der Waals surface area (Å²) in [5.74, 6) is -2.51. The van der Waals surface area contributed by atoms with Crippen LogP contribution in [0.15, 0.2) is 60.7 Å². The largest absolute Gasteiger partial charge is 0.357 e. The van der Waals surface area contributed by atoms with Gasteiger partial charge in [-0.2, -0.15) is 0 Å². The quantitative estimate of drug-likeness (QED) is 0.250. The van der Waals surface area contributed by atoms with Gasteiger partial charge in [0.1, 0.15) is 24.2 Å². The van der Waals surface area contributed by atoms with Crippen LogP contribution in [0.2, 0.25) is 0 Å². The summed E-state index contributed by atoms with van der Waals surface area (Å²) in [7, 11) is 7.26. The van der Waals surface area contributed by atoms with Gasteiger partial charge >= 0.3 is 6.03 Å². The molecule has 0 spiro atoms. The van der Waals surface area contributed by atoms with E-state index in [-0.39, 0.29) is 43.4 Å². The van der Waals surface area contributed by atoms with Gasteiger partial charge in [-0.05, 0) is 49.7 Å². The molecule has 0 aromatic heterocycles. The number of rotatable bonds is 17. The second-order valence-corrected chi connectivity index (χ2v) is 15.1. The Morgan fingerprint density at radius 2 is 1.16 bits per heavy atom. The molecule has 1 fully saturated rings. The zero-order valence-corrected chi connectivity index (χ0v) is 34.3. The molecule has 1 aliphatic rings. The summed E-state index contributed by atoms with van der Waals surface area (Å²) in [4.78, 5) is 101. The molecule has 14 heteroatoms. The Labute approximate surface area is 331 Å². The summed E-state index contributed by atoms with van der Waals surface area (Å²) in [6.45, 7) is 6.83. The van der Waals surface area contributed by atoms with Crippen molar-refractivity contribution in [2.24, 2.45) is 5.92 Å². The average molecular weight is 776 g/mol. The number of amides is 8. The maximum absolute atomic E-state index is 14.1. The molecular formula is C42H61N7O7. The van der Waals surface area contributed by atoms with Crippen LogP contribution < -0.4 is 10.6 Å². The SMILES string of the molecule is CNC(=O)C(CC(C)C)N(C)C(=O)C(Cc1ccccc1)N(C)C(=O)N(C)C(=O)CCC(=O)N(C)C(Cc1ccccc1)C(=O)NC(C)C(=O)N1CCCCC1. The van der Waals surface area contributed by atoms with Crippen LogP contribution in [0.5, 0.6) is 0 Å². The van der Waals surface area contributed by atoms with Gasteiger partial charge in [0.05, 0.1) is 0 Å². The average Bonchev–Trinajstić information content (AvgIpc) is 3.21. The van der Waals surface area contributed by atoms with E-state index in [0.717, 1.165) is 35.3 Å². The van der Waals surface area contributed by atoms with Gasteiger partial charge in [-0.3, -0.25) is 33.7 Å². The number of benzene rings is 2. The number of imide groups is 1. The molecule has 4 unspecified atom stereocenters. The zero-order valence-electron chi connectivity index (χ0n) is 34.3. The maximum Gasteiger partial charge on any atom is 0.326 e. The van der Waals surface area contributed by atoms with E-state index < -0.39 is 53.8 Å². The van der Waals surface area contributed by atoms with Gasteiger partial charge < -0.3 is 30.2 Å². The molecule has 0 radical (unpaired) electrons. The third kappa shape index (κ3) is 12.6. The lowest BCUT2D eigenvalue weighted by Crippen LogP contribution is -2.57. The molecule has 14 nitrogen and oxygen atoms in total. The van der Waals surface area contributed by atoms with E-state index in [0.29, 0.717) is 19.5 Å². The summed E-state index contributed by atoms with van der Waals surface area (Å²) < 4.78 is 0. The highest BCUT2D eigenvalue weighted by atomic mass is 16.2. The van der Waals surface area contributed by atoms with Crippen LogP contribution in [0.4, 0.5) is 4.79 Å². The molecule has 8 amide bonds. The molecule has 2 N–H and O–H groups in total. The Kier molecular flexibility index (Phi) is 17.5. The molecule has 0 bridgehead atoms. The normalized spacial score (nSPS) is 14.8. The van der Waals surface area contributed by atoms with E-state index in [1.807, 2.05) is 74.5 Å². The Morgan fingerprint density at radius 1 is 0.643 bits per heavy atom. The Bertz CT molecular complexity index is 1650. The van der Waals surface area contributed by atoms with Crippen molar-refractivity contribution in [3.8, 4) is 0 Å². The molecule has 1 saturated heterocycles. The lowest BCUT2D eigenvalue weighted by molar-refractivity contribution is -0.143. The minimum atomic E-state index is -1.06. The number of nitrogens with one attached hydrogen (secondary N) is 2. The third-order valence-electron chi connectivity index (χ3n) is 10.4. The number of hydrogen-bond acceptors (Lipinski definition) is 7. The first-order valence-corrected chi connectivity index (χ1v) is 19.5. The van der Waals surface area contributed by atoms with E-state index in [2.05, 4.69) is 10.6 Å². The van der Waals surface area contributed by atoms with Gasteiger partial charge in [0.25, 0.3) is 0 Å². The van der Waals surface area contributed by atoms with Crippen LogP contribution in [0, 0.1) is 5.92 Å². The second-order valence-electron chi connectivity index (χ2n) is 15.1. The summed E-state index contributed by atoms with van der Waals surface area (Å²) >= 11 is 0. The van der Waals surface area contributed by atoms with Crippen LogP contribution in [-0.2, 0) is 41.6 Å². The zero-order chi connectivity index (χ0) is 41.5. The topological polar surface area (TPSA) is 160 Å². The van der Waals surface area contributed by atoms with Gasteiger partial charge in [0.15, 0.2) is 0 Å². The number of likely N-dealkylation sites (tertiary alicyclic amines) is 1. The van der Waals surface area contributed by atoms with Crippen molar-refractivity contribution in [1.29, 1.82) is 0 Å². The summed E-state index contributed by atoms with van der Waals surface area (Å²) in [5.41, 5.74) is 1.59. The molecule has 3 rings (SSSR count). The van der Waals surface area contributed by atoms with Crippen molar-refractivity contribution < 1.29 is 33.6 Å². The van der Waals surface area contributed by atoms with Crippen molar-refractivity contribution in [1.82, 2.24) is 35.1 Å². The van der Waals surface area contributed by atoms with Crippen molar-refractivity contribution in [3.63, 3.8) is 0 Å². The Hall–Kier alpha value is -5.27. The number of carbonyl (C=O) groups is 7. The first-order chi connectivity index (χ1) is 26.6. The van der Waals surface area contributed by atoms with Crippen LogP contribution in [0.3, 0.4) is 0 Å². The summed E-state index contributed by atoms with van der Waals surface area (Å²) in [5, 5.41) is 5.44. The van der Waals surface area contributed by atoms with E-state index in [1.165, 1.54) is 49.9 Å². The molecule has 1 aliphatic heterocycles.